The molecule has 1 aromatic heterocycles. The van der Waals surface area contributed by atoms with Gasteiger partial charge in [-0.3, -0.25) is 9.59 Å². The molecule has 182 valence electrons. The number of benzene rings is 2. The number of ether oxygens (including phenoxy) is 2. The lowest BCUT2D eigenvalue weighted by Gasteiger charge is -2.21. The number of hydrogen-bond donors (Lipinski definition) is 0. The van der Waals surface area contributed by atoms with Gasteiger partial charge in [-0.05, 0) is 70.4 Å². The Labute approximate surface area is 205 Å². The summed E-state index contributed by atoms with van der Waals surface area (Å²) in [5.41, 5.74) is 3.27. The van der Waals surface area contributed by atoms with Crippen LogP contribution in [0.2, 0.25) is 0 Å². The van der Waals surface area contributed by atoms with Crippen molar-refractivity contribution in [2.45, 2.75) is 64.8 Å². The van der Waals surface area contributed by atoms with Crippen LogP contribution < -0.4 is 9.64 Å². The van der Waals surface area contributed by atoms with Crippen LogP contribution in [0.15, 0.2) is 54.6 Å². The van der Waals surface area contributed by atoms with E-state index in [1.54, 1.807) is 13.8 Å². The van der Waals surface area contributed by atoms with Gasteiger partial charge in [0, 0.05) is 18.5 Å². The molecule has 1 saturated heterocycles. The first-order valence-corrected chi connectivity index (χ1v) is 12.2. The van der Waals surface area contributed by atoms with Crippen molar-refractivity contribution in [3.8, 4) is 22.7 Å². The van der Waals surface area contributed by atoms with E-state index >= 15 is 0 Å². The average Bonchev–Trinajstić information content (AvgIpc) is 3.38. The number of rotatable bonds is 9. The molecule has 0 spiro atoms. The molecule has 0 unspecified atom stereocenters. The van der Waals surface area contributed by atoms with Crippen LogP contribution in [0.4, 0.5) is 5.69 Å². The lowest BCUT2D eigenvalue weighted by Crippen LogP contribution is -2.32. The third-order valence-electron chi connectivity index (χ3n) is 6.62. The summed E-state index contributed by atoms with van der Waals surface area (Å²) in [7, 11) is 0. The Morgan fingerprint density at radius 1 is 1.09 bits per heavy atom. The largest absolute Gasteiger partial charge is 0.490 e. The molecule has 35 heavy (non-hydrogen) atoms. The molecule has 2 heterocycles. The summed E-state index contributed by atoms with van der Waals surface area (Å²) in [5.74, 6) is 0.911. The zero-order chi connectivity index (χ0) is 24.6. The molecule has 7 heteroatoms. The lowest BCUT2D eigenvalue weighted by molar-refractivity contribution is -0.139. The zero-order valence-electron chi connectivity index (χ0n) is 20.5. The second-order valence-corrected chi connectivity index (χ2v) is 9.77. The lowest BCUT2D eigenvalue weighted by atomic mass is 10.1. The van der Waals surface area contributed by atoms with Crippen LogP contribution >= 0.6 is 0 Å². The number of para-hydroxylation sites is 2. The normalized spacial score (nSPS) is 16.1. The van der Waals surface area contributed by atoms with Crippen molar-refractivity contribution in [2.75, 3.05) is 11.4 Å². The Morgan fingerprint density at radius 3 is 2.54 bits per heavy atom. The highest BCUT2D eigenvalue weighted by atomic mass is 16.5. The molecule has 1 aliphatic heterocycles. The van der Waals surface area contributed by atoms with Crippen LogP contribution in [-0.2, 0) is 20.9 Å². The first kappa shape index (κ1) is 23.3. The van der Waals surface area contributed by atoms with Crippen molar-refractivity contribution < 1.29 is 19.1 Å². The van der Waals surface area contributed by atoms with Gasteiger partial charge in [-0.1, -0.05) is 24.3 Å². The van der Waals surface area contributed by atoms with Crippen molar-refractivity contribution >= 4 is 17.4 Å². The number of carbonyl (C=O) groups is 2. The van der Waals surface area contributed by atoms with Crippen molar-refractivity contribution in [1.82, 2.24) is 9.78 Å². The number of ketones is 1. The number of Topliss-reactive ketones (excluding diaryl/α,β-unsaturated/α-hetero) is 1. The summed E-state index contributed by atoms with van der Waals surface area (Å²) in [5, 5.41) is 4.88. The molecule has 7 nitrogen and oxygen atoms in total. The first-order chi connectivity index (χ1) is 16.8. The molecule has 2 aliphatic rings. The second kappa shape index (κ2) is 9.30. The highest BCUT2D eigenvalue weighted by molar-refractivity contribution is 5.97. The van der Waals surface area contributed by atoms with Gasteiger partial charge in [0.05, 0.1) is 35.5 Å². The Hall–Kier alpha value is -3.45. The van der Waals surface area contributed by atoms with Crippen LogP contribution in [0.1, 0.15) is 52.1 Å². The monoisotopic (exact) mass is 473 g/mol. The first-order valence-electron chi connectivity index (χ1n) is 12.2. The van der Waals surface area contributed by atoms with Gasteiger partial charge in [0.15, 0.2) is 5.78 Å². The van der Waals surface area contributed by atoms with Crippen molar-refractivity contribution in [2.24, 2.45) is 0 Å². The molecule has 0 atom stereocenters. The fraction of sp³-hybridized carbons (Fsp3) is 0.393. The summed E-state index contributed by atoms with van der Waals surface area (Å²) in [6.45, 7) is 5.94. The number of aromatic nitrogens is 2. The van der Waals surface area contributed by atoms with E-state index in [1.807, 2.05) is 64.2 Å². The zero-order valence-corrected chi connectivity index (χ0v) is 20.5. The van der Waals surface area contributed by atoms with Gasteiger partial charge in [-0.2, -0.15) is 5.10 Å². The Morgan fingerprint density at radius 2 is 1.86 bits per heavy atom. The van der Waals surface area contributed by atoms with Gasteiger partial charge in [0.25, 0.3) is 0 Å². The maximum absolute atomic E-state index is 12.6. The van der Waals surface area contributed by atoms with E-state index in [2.05, 4.69) is 0 Å². The number of carbonyl (C=O) groups excluding carboxylic acids is 2. The van der Waals surface area contributed by atoms with E-state index in [0.29, 0.717) is 24.8 Å². The number of amides is 1. The second-order valence-electron chi connectivity index (χ2n) is 9.77. The molecule has 0 radical (unpaired) electrons. The van der Waals surface area contributed by atoms with Gasteiger partial charge >= 0.3 is 0 Å². The van der Waals surface area contributed by atoms with Gasteiger partial charge in [-0.15, -0.1) is 0 Å². The standard InChI is InChI=1S/C28H31N3O4/c1-19(32)28(2,3)34-18-21-17-26(20-8-6-9-23(16-20)35-22-13-14-22)31(29-21)25-11-5-4-10-24(25)30-15-7-12-27(30)33/h4-6,8-11,16-17,22H,7,12-15,18H2,1-3H3. The highest BCUT2D eigenvalue weighted by Crippen LogP contribution is 2.34. The molecule has 3 aromatic rings. The Balaban J connectivity index is 1.57. The van der Waals surface area contributed by atoms with Gasteiger partial charge < -0.3 is 14.4 Å². The van der Waals surface area contributed by atoms with Gasteiger partial charge in [0.1, 0.15) is 11.4 Å². The third kappa shape index (κ3) is 5.00. The molecule has 5 rings (SSSR count). The molecule has 2 fully saturated rings. The Bertz CT molecular complexity index is 1260. The molecular weight excluding hydrogens is 442 g/mol. The maximum atomic E-state index is 12.6. The van der Waals surface area contributed by atoms with E-state index in [1.165, 1.54) is 6.92 Å². The minimum atomic E-state index is -0.901. The summed E-state index contributed by atoms with van der Waals surface area (Å²) in [6, 6.07) is 17.8. The minimum Gasteiger partial charge on any atom is -0.490 e. The van der Waals surface area contributed by atoms with Crippen LogP contribution in [0, 0.1) is 0 Å². The van der Waals surface area contributed by atoms with E-state index in [4.69, 9.17) is 14.6 Å². The fourth-order valence-electron chi connectivity index (χ4n) is 4.13. The molecule has 1 amide bonds. The van der Waals surface area contributed by atoms with E-state index in [0.717, 1.165) is 47.6 Å². The predicted octanol–water partition coefficient (Wildman–Crippen LogP) is 5.09. The Kier molecular flexibility index (Phi) is 6.19. The smallest absolute Gasteiger partial charge is 0.227 e. The number of anilines is 1. The topological polar surface area (TPSA) is 73.7 Å². The van der Waals surface area contributed by atoms with E-state index in [-0.39, 0.29) is 18.3 Å². The van der Waals surface area contributed by atoms with Gasteiger partial charge in [-0.25, -0.2) is 4.68 Å². The minimum absolute atomic E-state index is 0.0417. The summed E-state index contributed by atoms with van der Waals surface area (Å²) in [6.07, 6.45) is 3.88. The molecule has 0 N–H and O–H groups in total. The summed E-state index contributed by atoms with van der Waals surface area (Å²) < 4.78 is 13.8. The highest BCUT2D eigenvalue weighted by Gasteiger charge is 2.28. The molecule has 2 aromatic carbocycles. The fourth-order valence-corrected chi connectivity index (χ4v) is 4.13. The number of nitrogens with zero attached hydrogens (tertiary/aromatic N) is 3. The molecule has 1 aliphatic carbocycles. The van der Waals surface area contributed by atoms with Crippen LogP contribution in [0.3, 0.4) is 0 Å². The molecule has 1 saturated carbocycles. The van der Waals surface area contributed by atoms with Crippen molar-refractivity contribution in [3.05, 3.63) is 60.3 Å². The van der Waals surface area contributed by atoms with Gasteiger partial charge in [0.2, 0.25) is 5.91 Å². The quantitative estimate of drug-likeness (QED) is 0.433. The predicted molar refractivity (Wildman–Crippen MR) is 134 cm³/mol. The van der Waals surface area contributed by atoms with Crippen LogP contribution in [-0.4, -0.2) is 39.7 Å². The summed E-state index contributed by atoms with van der Waals surface area (Å²) >= 11 is 0. The van der Waals surface area contributed by atoms with Crippen molar-refractivity contribution in [1.29, 1.82) is 0 Å². The average molecular weight is 474 g/mol. The van der Waals surface area contributed by atoms with Crippen LogP contribution in [0.5, 0.6) is 5.75 Å². The summed E-state index contributed by atoms with van der Waals surface area (Å²) in [4.78, 5) is 26.4. The number of hydrogen-bond acceptors (Lipinski definition) is 5. The van der Waals surface area contributed by atoms with E-state index in [9.17, 15) is 9.59 Å². The van der Waals surface area contributed by atoms with Crippen LogP contribution in [0.25, 0.3) is 16.9 Å². The van der Waals surface area contributed by atoms with E-state index < -0.39 is 5.60 Å². The third-order valence-corrected chi connectivity index (χ3v) is 6.62. The maximum Gasteiger partial charge on any atom is 0.227 e. The van der Waals surface area contributed by atoms with Crippen molar-refractivity contribution in [3.63, 3.8) is 0 Å². The molecular formula is C28H31N3O4. The SMILES string of the molecule is CC(=O)C(C)(C)OCc1cc(-c2cccc(OC3CC3)c2)n(-c2ccccc2N2CCCC2=O)n1. The molecule has 0 bridgehead atoms.